The Labute approximate surface area is 105 Å². The molecule has 0 aromatic carbocycles. The molecule has 0 N–H and O–H groups in total. The van der Waals surface area contributed by atoms with Crippen molar-refractivity contribution in [1.82, 2.24) is 0 Å². The van der Waals surface area contributed by atoms with E-state index < -0.39 is 0 Å². The molecule has 0 aromatic rings. The van der Waals surface area contributed by atoms with E-state index in [9.17, 15) is 4.79 Å². The minimum absolute atomic E-state index is 0.443. The Morgan fingerprint density at radius 3 is 2.59 bits per heavy atom. The van der Waals surface area contributed by atoms with Gasteiger partial charge in [0.2, 0.25) is 0 Å². The summed E-state index contributed by atoms with van der Waals surface area (Å²) in [6.07, 6.45) is 11.7. The molecule has 0 spiro atoms. The van der Waals surface area contributed by atoms with Gasteiger partial charge in [0.25, 0.3) is 0 Å². The number of rotatable bonds is 3. The molecule has 3 aliphatic rings. The highest BCUT2D eigenvalue weighted by Gasteiger charge is 2.44. The number of ketones is 1. The lowest BCUT2D eigenvalue weighted by atomic mass is 9.72. The molecule has 0 aliphatic heterocycles. The monoisotopic (exact) mass is 234 g/mol. The number of fused-ring (bicyclic) bond motifs is 2. The molecule has 3 rings (SSSR count). The van der Waals surface area contributed by atoms with Crippen molar-refractivity contribution < 1.29 is 4.79 Å². The van der Waals surface area contributed by atoms with Crippen LogP contribution in [0.3, 0.4) is 0 Å². The van der Waals surface area contributed by atoms with Crippen molar-refractivity contribution >= 4 is 5.78 Å². The third-order valence-corrected chi connectivity index (χ3v) is 5.87. The summed E-state index contributed by atoms with van der Waals surface area (Å²) in [7, 11) is 0. The van der Waals surface area contributed by atoms with Crippen LogP contribution in [0.2, 0.25) is 0 Å². The lowest BCUT2D eigenvalue weighted by molar-refractivity contribution is -0.129. The zero-order valence-electron chi connectivity index (χ0n) is 11.2. The quantitative estimate of drug-likeness (QED) is 0.715. The van der Waals surface area contributed by atoms with Crippen LogP contribution in [0.25, 0.3) is 0 Å². The molecule has 5 atom stereocenters. The van der Waals surface area contributed by atoms with Gasteiger partial charge in [0.15, 0.2) is 0 Å². The molecule has 0 heterocycles. The fourth-order valence-electron chi connectivity index (χ4n) is 4.82. The van der Waals surface area contributed by atoms with Crippen LogP contribution in [0.15, 0.2) is 0 Å². The van der Waals surface area contributed by atoms with E-state index in [0.717, 1.165) is 17.8 Å². The SMILES string of the molecule is CCC1CCCC(C(=O)C2CC3CCC2C3)C1. The van der Waals surface area contributed by atoms with Gasteiger partial charge in [-0.3, -0.25) is 4.79 Å². The van der Waals surface area contributed by atoms with Crippen LogP contribution in [-0.2, 0) is 4.79 Å². The molecule has 2 bridgehead atoms. The Morgan fingerprint density at radius 1 is 1.06 bits per heavy atom. The molecule has 3 aliphatic carbocycles. The predicted octanol–water partition coefficient (Wildman–Crippen LogP) is 4.21. The first-order valence-electron chi connectivity index (χ1n) is 7.81. The molecule has 0 aromatic heterocycles. The predicted molar refractivity (Wildman–Crippen MR) is 69.7 cm³/mol. The molecular formula is C16H26O. The van der Waals surface area contributed by atoms with Crippen LogP contribution in [0.5, 0.6) is 0 Å². The average molecular weight is 234 g/mol. The van der Waals surface area contributed by atoms with Gasteiger partial charge in [0.1, 0.15) is 5.78 Å². The van der Waals surface area contributed by atoms with E-state index in [1.165, 1.54) is 57.8 Å². The van der Waals surface area contributed by atoms with Crippen molar-refractivity contribution in [3.8, 4) is 0 Å². The van der Waals surface area contributed by atoms with E-state index in [-0.39, 0.29) is 0 Å². The van der Waals surface area contributed by atoms with Crippen molar-refractivity contribution in [1.29, 1.82) is 0 Å². The summed E-state index contributed by atoms with van der Waals surface area (Å²) in [4.78, 5) is 12.7. The van der Waals surface area contributed by atoms with Crippen LogP contribution in [0.4, 0.5) is 0 Å². The van der Waals surface area contributed by atoms with Gasteiger partial charge in [-0.25, -0.2) is 0 Å². The Bertz CT molecular complexity index is 296. The van der Waals surface area contributed by atoms with E-state index in [1.807, 2.05) is 0 Å². The molecule has 0 radical (unpaired) electrons. The summed E-state index contributed by atoms with van der Waals surface area (Å²) in [6, 6.07) is 0. The number of carbonyl (C=O) groups is 1. The van der Waals surface area contributed by atoms with Crippen LogP contribution in [0, 0.1) is 29.6 Å². The summed E-state index contributed by atoms with van der Waals surface area (Å²) >= 11 is 0. The van der Waals surface area contributed by atoms with Crippen molar-refractivity contribution in [3.63, 3.8) is 0 Å². The molecule has 3 saturated carbocycles. The molecule has 5 unspecified atom stereocenters. The first-order chi connectivity index (χ1) is 8.28. The van der Waals surface area contributed by atoms with E-state index in [0.29, 0.717) is 17.6 Å². The number of hydrogen-bond acceptors (Lipinski definition) is 1. The first-order valence-corrected chi connectivity index (χ1v) is 7.81. The van der Waals surface area contributed by atoms with Crippen molar-refractivity contribution in [2.75, 3.05) is 0 Å². The molecule has 96 valence electrons. The van der Waals surface area contributed by atoms with Crippen LogP contribution >= 0.6 is 0 Å². The Hall–Kier alpha value is -0.330. The zero-order valence-corrected chi connectivity index (χ0v) is 11.2. The zero-order chi connectivity index (χ0) is 11.8. The van der Waals surface area contributed by atoms with E-state index in [4.69, 9.17) is 0 Å². The van der Waals surface area contributed by atoms with Gasteiger partial charge >= 0.3 is 0 Å². The fraction of sp³-hybridized carbons (Fsp3) is 0.938. The topological polar surface area (TPSA) is 17.1 Å². The smallest absolute Gasteiger partial charge is 0.139 e. The van der Waals surface area contributed by atoms with Gasteiger partial charge < -0.3 is 0 Å². The molecule has 1 nitrogen and oxygen atoms in total. The lowest BCUT2D eigenvalue weighted by Crippen LogP contribution is -2.31. The molecule has 0 amide bonds. The number of carbonyl (C=O) groups excluding carboxylic acids is 1. The van der Waals surface area contributed by atoms with Gasteiger partial charge in [-0.05, 0) is 49.9 Å². The van der Waals surface area contributed by atoms with Gasteiger partial charge in [0.05, 0.1) is 0 Å². The maximum atomic E-state index is 12.7. The number of Topliss-reactive ketones (excluding diaryl/α,β-unsaturated/α-hetero) is 1. The van der Waals surface area contributed by atoms with Crippen LogP contribution in [-0.4, -0.2) is 5.78 Å². The maximum Gasteiger partial charge on any atom is 0.139 e. The minimum atomic E-state index is 0.443. The summed E-state index contributed by atoms with van der Waals surface area (Å²) in [5.41, 5.74) is 0. The second kappa shape index (κ2) is 4.74. The lowest BCUT2D eigenvalue weighted by Gasteiger charge is -2.31. The van der Waals surface area contributed by atoms with E-state index >= 15 is 0 Å². The van der Waals surface area contributed by atoms with Gasteiger partial charge in [-0.2, -0.15) is 0 Å². The summed E-state index contributed by atoms with van der Waals surface area (Å²) in [5, 5.41) is 0. The molecule has 3 fully saturated rings. The van der Waals surface area contributed by atoms with Gasteiger partial charge in [-0.15, -0.1) is 0 Å². The fourth-order valence-corrected chi connectivity index (χ4v) is 4.82. The third-order valence-electron chi connectivity index (χ3n) is 5.87. The van der Waals surface area contributed by atoms with Gasteiger partial charge in [0, 0.05) is 11.8 Å². The van der Waals surface area contributed by atoms with Crippen molar-refractivity contribution in [2.45, 2.75) is 64.7 Å². The summed E-state index contributed by atoms with van der Waals surface area (Å²) in [5.74, 6) is 4.15. The number of hydrogen-bond donors (Lipinski definition) is 0. The Kier molecular flexibility index (Phi) is 3.28. The third kappa shape index (κ3) is 2.18. The molecule has 17 heavy (non-hydrogen) atoms. The van der Waals surface area contributed by atoms with Crippen molar-refractivity contribution in [3.05, 3.63) is 0 Å². The Morgan fingerprint density at radius 2 is 1.94 bits per heavy atom. The normalized spacial score (nSPS) is 45.1. The van der Waals surface area contributed by atoms with E-state index in [1.54, 1.807) is 0 Å². The first kappa shape index (κ1) is 11.7. The largest absolute Gasteiger partial charge is 0.299 e. The maximum absolute atomic E-state index is 12.7. The summed E-state index contributed by atoms with van der Waals surface area (Å²) < 4.78 is 0. The molecule has 0 saturated heterocycles. The molecular weight excluding hydrogens is 208 g/mol. The van der Waals surface area contributed by atoms with Crippen molar-refractivity contribution in [2.24, 2.45) is 29.6 Å². The second-order valence-corrected chi connectivity index (χ2v) is 6.82. The highest BCUT2D eigenvalue weighted by atomic mass is 16.1. The highest BCUT2D eigenvalue weighted by molar-refractivity contribution is 5.84. The van der Waals surface area contributed by atoms with E-state index in [2.05, 4.69) is 6.92 Å². The summed E-state index contributed by atoms with van der Waals surface area (Å²) in [6.45, 7) is 2.29. The van der Waals surface area contributed by atoms with Crippen LogP contribution in [0.1, 0.15) is 64.7 Å². The minimum Gasteiger partial charge on any atom is -0.299 e. The van der Waals surface area contributed by atoms with Gasteiger partial charge in [-0.1, -0.05) is 32.6 Å². The standard InChI is InChI=1S/C16H26O/c1-2-11-4-3-5-14(8-11)16(17)15-10-12-6-7-13(15)9-12/h11-15H,2-10H2,1H3. The Balaban J connectivity index is 1.62. The average Bonchev–Trinajstić information content (AvgIpc) is 3.00. The van der Waals surface area contributed by atoms with Crippen LogP contribution < -0.4 is 0 Å². The molecule has 1 heteroatoms. The second-order valence-electron chi connectivity index (χ2n) is 6.82. The highest BCUT2D eigenvalue weighted by Crippen LogP contribution is 2.50.